The summed E-state index contributed by atoms with van der Waals surface area (Å²) in [6, 6.07) is 9.14. The number of ether oxygens (including phenoxy) is 1. The molecule has 4 nitrogen and oxygen atoms in total. The largest absolute Gasteiger partial charge is 0.479 e. The Morgan fingerprint density at radius 1 is 1.33 bits per heavy atom. The van der Waals surface area contributed by atoms with Crippen LogP contribution in [-0.4, -0.2) is 17.0 Å². The molecule has 0 spiro atoms. The first-order valence-corrected chi connectivity index (χ1v) is 7.00. The molecule has 2 rings (SSSR count). The van der Waals surface area contributed by atoms with E-state index >= 15 is 0 Å². The fraction of sp³-hybridized carbons (Fsp3) is 0.250. The summed E-state index contributed by atoms with van der Waals surface area (Å²) >= 11 is 6.06. The Bertz CT molecular complexity index is 658. The predicted molar refractivity (Wildman–Crippen MR) is 83.9 cm³/mol. The van der Waals surface area contributed by atoms with Crippen molar-refractivity contribution in [3.8, 4) is 5.75 Å². The number of nitrogens with one attached hydrogen (secondary N) is 1. The van der Waals surface area contributed by atoms with Crippen molar-refractivity contribution in [2.45, 2.75) is 26.9 Å². The molecule has 0 aliphatic rings. The van der Waals surface area contributed by atoms with E-state index in [9.17, 15) is 4.79 Å². The van der Waals surface area contributed by atoms with Gasteiger partial charge in [0.05, 0.1) is 5.02 Å². The van der Waals surface area contributed by atoms with Crippen LogP contribution in [0.5, 0.6) is 5.75 Å². The Labute approximate surface area is 129 Å². The molecular weight excluding hydrogens is 288 g/mol. The zero-order valence-electron chi connectivity index (χ0n) is 12.2. The van der Waals surface area contributed by atoms with Gasteiger partial charge in [0, 0.05) is 6.20 Å². The molecule has 21 heavy (non-hydrogen) atoms. The summed E-state index contributed by atoms with van der Waals surface area (Å²) in [4.78, 5) is 16.3. The molecule has 0 aliphatic carbocycles. The number of hydrogen-bond acceptors (Lipinski definition) is 3. The van der Waals surface area contributed by atoms with Gasteiger partial charge in [0.15, 0.2) is 6.10 Å². The number of pyridine rings is 1. The average Bonchev–Trinajstić information content (AvgIpc) is 2.45. The number of hydrogen-bond donors (Lipinski definition) is 1. The molecule has 1 aromatic heterocycles. The second-order valence-electron chi connectivity index (χ2n) is 4.85. The van der Waals surface area contributed by atoms with Gasteiger partial charge in [0.1, 0.15) is 11.6 Å². The number of amides is 1. The maximum Gasteiger partial charge on any atom is 0.266 e. The van der Waals surface area contributed by atoms with E-state index < -0.39 is 6.10 Å². The van der Waals surface area contributed by atoms with E-state index in [1.165, 1.54) is 0 Å². The summed E-state index contributed by atoms with van der Waals surface area (Å²) in [5.74, 6) is 0.764. The number of carbonyl (C=O) groups is 1. The predicted octanol–water partition coefficient (Wildman–Crippen LogP) is 3.76. The van der Waals surface area contributed by atoms with Gasteiger partial charge in [0.2, 0.25) is 0 Å². The molecule has 1 atom stereocenters. The van der Waals surface area contributed by atoms with Crippen molar-refractivity contribution in [2.75, 3.05) is 5.32 Å². The first kappa shape index (κ1) is 15.3. The van der Waals surface area contributed by atoms with Crippen LogP contribution >= 0.6 is 11.6 Å². The van der Waals surface area contributed by atoms with Gasteiger partial charge < -0.3 is 10.1 Å². The monoisotopic (exact) mass is 304 g/mol. The van der Waals surface area contributed by atoms with E-state index in [0.29, 0.717) is 16.6 Å². The number of halogens is 1. The van der Waals surface area contributed by atoms with Gasteiger partial charge in [-0.1, -0.05) is 23.7 Å². The Morgan fingerprint density at radius 3 is 2.81 bits per heavy atom. The molecule has 5 heteroatoms. The van der Waals surface area contributed by atoms with Crippen molar-refractivity contribution >= 4 is 23.3 Å². The number of benzene rings is 1. The van der Waals surface area contributed by atoms with E-state index in [2.05, 4.69) is 10.3 Å². The third-order valence-electron chi connectivity index (χ3n) is 3.01. The minimum absolute atomic E-state index is 0.269. The van der Waals surface area contributed by atoms with Gasteiger partial charge in [-0.2, -0.15) is 0 Å². The molecule has 110 valence electrons. The zero-order chi connectivity index (χ0) is 15.4. The molecule has 0 radical (unpaired) electrons. The van der Waals surface area contributed by atoms with Crippen molar-refractivity contribution in [3.63, 3.8) is 0 Å². The van der Waals surface area contributed by atoms with Crippen LogP contribution in [0.4, 0.5) is 5.82 Å². The first-order valence-electron chi connectivity index (χ1n) is 6.62. The molecule has 1 heterocycles. The summed E-state index contributed by atoms with van der Waals surface area (Å²) in [5, 5.41) is 3.23. The highest BCUT2D eigenvalue weighted by atomic mass is 35.5. The van der Waals surface area contributed by atoms with Crippen molar-refractivity contribution in [3.05, 3.63) is 52.7 Å². The zero-order valence-corrected chi connectivity index (χ0v) is 12.9. The number of aromatic nitrogens is 1. The molecule has 0 aliphatic heterocycles. The number of anilines is 1. The van der Waals surface area contributed by atoms with Crippen molar-refractivity contribution in [1.82, 2.24) is 4.98 Å². The molecule has 2 aromatic rings. The summed E-state index contributed by atoms with van der Waals surface area (Å²) in [5.41, 5.74) is 1.91. The second-order valence-corrected chi connectivity index (χ2v) is 5.26. The highest BCUT2D eigenvalue weighted by Crippen LogP contribution is 2.26. The lowest BCUT2D eigenvalue weighted by Gasteiger charge is -2.16. The SMILES string of the molecule is Cc1ccc(Cl)c(O[C@H](C)C(=O)Nc2ncccc2C)c1. The second kappa shape index (κ2) is 6.59. The topological polar surface area (TPSA) is 51.2 Å². The maximum absolute atomic E-state index is 12.1. The van der Waals surface area contributed by atoms with Crippen molar-refractivity contribution in [2.24, 2.45) is 0 Å². The number of rotatable bonds is 4. The van der Waals surface area contributed by atoms with Crippen LogP contribution in [0.2, 0.25) is 5.02 Å². The van der Waals surface area contributed by atoms with Gasteiger partial charge in [-0.25, -0.2) is 4.98 Å². The van der Waals surface area contributed by atoms with Crippen molar-refractivity contribution in [1.29, 1.82) is 0 Å². The van der Waals surface area contributed by atoms with Crippen LogP contribution in [0.25, 0.3) is 0 Å². The van der Waals surface area contributed by atoms with Crippen LogP contribution < -0.4 is 10.1 Å². The van der Waals surface area contributed by atoms with Gasteiger partial charge >= 0.3 is 0 Å². The molecule has 0 fully saturated rings. The molecular formula is C16H17ClN2O2. The smallest absolute Gasteiger partial charge is 0.266 e. The molecule has 0 bridgehead atoms. The molecule has 1 amide bonds. The van der Waals surface area contributed by atoms with E-state index in [0.717, 1.165) is 11.1 Å². The molecule has 0 unspecified atom stereocenters. The molecule has 0 saturated heterocycles. The van der Waals surface area contributed by atoms with E-state index in [1.807, 2.05) is 32.0 Å². The Morgan fingerprint density at radius 2 is 2.10 bits per heavy atom. The van der Waals surface area contributed by atoms with E-state index in [4.69, 9.17) is 16.3 Å². The van der Waals surface area contributed by atoms with Crippen LogP contribution in [0.3, 0.4) is 0 Å². The third kappa shape index (κ3) is 3.95. The molecule has 1 N–H and O–H groups in total. The summed E-state index contributed by atoms with van der Waals surface area (Å²) < 4.78 is 5.63. The van der Waals surface area contributed by atoms with Crippen LogP contribution in [-0.2, 0) is 4.79 Å². The Kier molecular flexibility index (Phi) is 4.81. The highest BCUT2D eigenvalue weighted by molar-refractivity contribution is 6.32. The highest BCUT2D eigenvalue weighted by Gasteiger charge is 2.17. The molecule has 1 aromatic carbocycles. The standard InChI is InChI=1S/C16H17ClN2O2/c1-10-6-7-13(17)14(9-10)21-12(3)16(20)19-15-11(2)5-4-8-18-15/h4-9,12H,1-3H3,(H,18,19,20)/t12-/m1/s1. The Balaban J connectivity index is 2.06. The lowest BCUT2D eigenvalue weighted by Crippen LogP contribution is -2.30. The number of aryl methyl sites for hydroxylation is 2. The van der Waals surface area contributed by atoms with Gasteiger partial charge in [-0.15, -0.1) is 0 Å². The first-order chi connectivity index (χ1) is 9.97. The Hall–Kier alpha value is -2.07. The average molecular weight is 305 g/mol. The van der Waals surface area contributed by atoms with Crippen LogP contribution in [0.15, 0.2) is 36.5 Å². The third-order valence-corrected chi connectivity index (χ3v) is 3.32. The van der Waals surface area contributed by atoms with E-state index in [-0.39, 0.29) is 5.91 Å². The van der Waals surface area contributed by atoms with Crippen LogP contribution in [0, 0.1) is 13.8 Å². The lowest BCUT2D eigenvalue weighted by atomic mass is 10.2. The lowest BCUT2D eigenvalue weighted by molar-refractivity contribution is -0.122. The minimum atomic E-state index is -0.675. The fourth-order valence-corrected chi connectivity index (χ4v) is 1.94. The van der Waals surface area contributed by atoms with Crippen molar-refractivity contribution < 1.29 is 9.53 Å². The van der Waals surface area contributed by atoms with E-state index in [1.54, 1.807) is 25.3 Å². The normalized spacial score (nSPS) is 11.8. The van der Waals surface area contributed by atoms with Gasteiger partial charge in [-0.05, 0) is 50.1 Å². The summed E-state index contributed by atoms with van der Waals surface area (Å²) in [7, 11) is 0. The minimum Gasteiger partial charge on any atom is -0.479 e. The van der Waals surface area contributed by atoms with Gasteiger partial charge in [-0.3, -0.25) is 4.79 Å². The summed E-state index contributed by atoms with van der Waals surface area (Å²) in [6.07, 6.45) is 0.955. The summed E-state index contributed by atoms with van der Waals surface area (Å²) in [6.45, 7) is 5.49. The number of nitrogens with zero attached hydrogens (tertiary/aromatic N) is 1. The quantitative estimate of drug-likeness (QED) is 0.935. The number of carbonyl (C=O) groups excluding carboxylic acids is 1. The molecule has 0 saturated carbocycles. The van der Waals surface area contributed by atoms with Crippen LogP contribution in [0.1, 0.15) is 18.1 Å². The maximum atomic E-state index is 12.1. The van der Waals surface area contributed by atoms with Gasteiger partial charge in [0.25, 0.3) is 5.91 Å². The fourth-order valence-electron chi connectivity index (χ4n) is 1.78.